The number of amidine groups is 1. The van der Waals surface area contributed by atoms with E-state index >= 15 is 0 Å². The maximum Gasteiger partial charge on any atom is 0.328 e. The molecule has 3 heterocycles. The molecule has 3 N–H and O–H groups in total. The van der Waals surface area contributed by atoms with Crippen LogP contribution in [0.15, 0.2) is 46.3 Å². The highest BCUT2D eigenvalue weighted by Gasteiger charge is 2.30. The zero-order chi connectivity index (χ0) is 20.6. The van der Waals surface area contributed by atoms with Gasteiger partial charge in [-0.25, -0.2) is 4.79 Å². The third kappa shape index (κ3) is 4.21. The second-order valence-corrected chi connectivity index (χ2v) is 9.00. The van der Waals surface area contributed by atoms with Crippen molar-refractivity contribution in [2.75, 3.05) is 0 Å². The maximum absolute atomic E-state index is 12.1. The van der Waals surface area contributed by atoms with Gasteiger partial charge in [-0.3, -0.25) is 10.1 Å². The number of rotatable bonds is 5. The Morgan fingerprint density at radius 3 is 2.93 bits per heavy atom. The van der Waals surface area contributed by atoms with Gasteiger partial charge in [-0.2, -0.15) is 16.4 Å². The Kier molecular flexibility index (Phi) is 5.19. The van der Waals surface area contributed by atoms with E-state index < -0.39 is 12.0 Å². The number of hydrogen-bond acceptors (Lipinski definition) is 4. The minimum absolute atomic E-state index is 0.246. The van der Waals surface area contributed by atoms with Crippen LogP contribution in [0.1, 0.15) is 30.5 Å². The van der Waals surface area contributed by atoms with Crippen molar-refractivity contribution in [2.24, 2.45) is 4.99 Å². The topological polar surface area (TPSA) is 90.4 Å². The number of fused-ring (bicyclic) bond motifs is 1. The Bertz CT molecular complexity index is 1070. The van der Waals surface area contributed by atoms with Crippen LogP contribution >= 0.6 is 22.9 Å². The molecule has 1 unspecified atom stereocenters. The summed E-state index contributed by atoms with van der Waals surface area (Å²) in [4.78, 5) is 16.7. The third-order valence-corrected chi connectivity index (χ3v) is 5.97. The zero-order valence-corrected chi connectivity index (χ0v) is 17.6. The molecule has 6 nitrogen and oxygen atoms in total. The molecule has 1 atom stereocenters. The first-order valence-electron chi connectivity index (χ1n) is 9.24. The lowest BCUT2D eigenvalue weighted by Crippen LogP contribution is -2.50. The van der Waals surface area contributed by atoms with Gasteiger partial charge in [0.2, 0.25) is 0 Å². The molecule has 0 saturated carbocycles. The number of halogens is 1. The van der Waals surface area contributed by atoms with Crippen LogP contribution in [-0.2, 0) is 17.6 Å². The number of nitrogens with zero attached hydrogens (tertiary/aromatic N) is 2. The molecule has 0 bridgehead atoms. The van der Waals surface area contributed by atoms with Crippen LogP contribution in [0, 0.1) is 0 Å². The van der Waals surface area contributed by atoms with Gasteiger partial charge in [-0.15, -0.1) is 0 Å². The fourth-order valence-electron chi connectivity index (χ4n) is 3.63. The van der Waals surface area contributed by atoms with Gasteiger partial charge < -0.3 is 10.4 Å². The molecule has 0 saturated heterocycles. The van der Waals surface area contributed by atoms with E-state index in [1.807, 2.05) is 29.0 Å². The predicted octanol–water partition coefficient (Wildman–Crippen LogP) is 4.16. The van der Waals surface area contributed by atoms with E-state index in [9.17, 15) is 9.90 Å². The van der Waals surface area contributed by atoms with Crippen LogP contribution in [0.5, 0.6) is 0 Å². The third-order valence-electron chi connectivity index (χ3n) is 4.95. The molecule has 4 rings (SSSR count). The van der Waals surface area contributed by atoms with Crippen molar-refractivity contribution in [1.29, 1.82) is 0 Å². The van der Waals surface area contributed by atoms with Crippen molar-refractivity contribution in [1.82, 2.24) is 15.5 Å². The number of hydrogen-bond donors (Lipinski definition) is 3. The van der Waals surface area contributed by atoms with Gasteiger partial charge in [-0.1, -0.05) is 11.6 Å². The molecular formula is C21H21ClN4O2S. The number of aliphatic carboxylic acids is 1. The monoisotopic (exact) mass is 428 g/mol. The number of aromatic nitrogens is 2. The first-order valence-corrected chi connectivity index (χ1v) is 10.6. The van der Waals surface area contributed by atoms with Crippen molar-refractivity contribution < 1.29 is 9.90 Å². The smallest absolute Gasteiger partial charge is 0.328 e. The highest BCUT2D eigenvalue weighted by molar-refractivity contribution is 7.08. The minimum atomic E-state index is -0.956. The summed E-state index contributed by atoms with van der Waals surface area (Å²) < 4.78 is 0. The van der Waals surface area contributed by atoms with E-state index in [2.05, 4.69) is 34.4 Å². The van der Waals surface area contributed by atoms with Crippen molar-refractivity contribution in [2.45, 2.75) is 38.3 Å². The quantitative estimate of drug-likeness (QED) is 0.569. The molecule has 29 heavy (non-hydrogen) atoms. The lowest BCUT2D eigenvalue weighted by Gasteiger charge is -2.35. The standard InChI is InChI=1S/C21H21ClN4O2S/c1-21(2)7-12-5-15(22)3-4-16(12)19(26-21)25-18(20(27)28)6-13-10-29-11-17(13)14-8-23-24-9-14/h3-5,8-11,18H,6-7H2,1-2H3,(H,23,24)(H,25,26)(H,27,28). The van der Waals surface area contributed by atoms with Gasteiger partial charge in [-0.05, 0) is 65.9 Å². The van der Waals surface area contributed by atoms with E-state index in [4.69, 9.17) is 11.6 Å². The summed E-state index contributed by atoms with van der Waals surface area (Å²) in [6.07, 6.45) is 4.62. The Morgan fingerprint density at radius 2 is 2.21 bits per heavy atom. The van der Waals surface area contributed by atoms with E-state index in [0.29, 0.717) is 17.3 Å². The van der Waals surface area contributed by atoms with Crippen LogP contribution < -0.4 is 5.32 Å². The molecular weight excluding hydrogens is 408 g/mol. The number of carboxylic acids is 1. The summed E-state index contributed by atoms with van der Waals surface area (Å²) in [6.45, 7) is 4.13. The van der Waals surface area contributed by atoms with Crippen LogP contribution in [0.2, 0.25) is 5.02 Å². The molecule has 150 valence electrons. The molecule has 1 aromatic carbocycles. The fraction of sp³-hybridized carbons (Fsp3) is 0.286. The highest BCUT2D eigenvalue weighted by atomic mass is 35.5. The van der Waals surface area contributed by atoms with Crippen molar-refractivity contribution in [3.8, 4) is 11.1 Å². The lowest BCUT2D eigenvalue weighted by molar-refractivity contribution is -0.138. The second kappa shape index (κ2) is 7.65. The van der Waals surface area contributed by atoms with E-state index in [0.717, 1.165) is 34.2 Å². The van der Waals surface area contributed by atoms with E-state index in [1.165, 1.54) is 0 Å². The van der Waals surface area contributed by atoms with Gasteiger partial charge in [0.1, 0.15) is 5.84 Å². The summed E-state index contributed by atoms with van der Waals surface area (Å²) in [6, 6.07) is 4.73. The Balaban J connectivity index is 1.70. The molecule has 1 aliphatic heterocycles. The molecule has 0 spiro atoms. The summed E-state index contributed by atoms with van der Waals surface area (Å²) >= 11 is 7.71. The van der Waals surface area contributed by atoms with Crippen molar-refractivity contribution in [3.05, 3.63) is 63.1 Å². The number of aliphatic imine (C=N–C) groups is 1. The number of carbonyl (C=O) groups is 1. The first kappa shape index (κ1) is 19.7. The van der Waals surface area contributed by atoms with Gasteiger partial charge in [0.25, 0.3) is 0 Å². The van der Waals surface area contributed by atoms with Gasteiger partial charge >= 0.3 is 5.97 Å². The molecule has 0 fully saturated rings. The Hall–Kier alpha value is -2.64. The molecule has 0 amide bonds. The zero-order valence-electron chi connectivity index (χ0n) is 16.1. The number of carboxylic acid groups (broad SMARTS) is 1. The number of aromatic amines is 1. The molecule has 8 heteroatoms. The average molecular weight is 429 g/mol. The molecule has 2 aromatic heterocycles. The van der Waals surface area contributed by atoms with Crippen molar-refractivity contribution >= 4 is 34.7 Å². The molecule has 3 aromatic rings. The van der Waals surface area contributed by atoms with Gasteiger partial charge in [0.05, 0.1) is 6.20 Å². The van der Waals surface area contributed by atoms with E-state index in [-0.39, 0.29) is 5.54 Å². The Labute approximate surface area is 177 Å². The summed E-state index contributed by atoms with van der Waals surface area (Å²) in [5, 5.41) is 24.7. The van der Waals surface area contributed by atoms with Crippen molar-refractivity contribution in [3.63, 3.8) is 0 Å². The largest absolute Gasteiger partial charge is 0.480 e. The molecule has 0 aliphatic carbocycles. The van der Waals surface area contributed by atoms with Crippen LogP contribution in [0.4, 0.5) is 0 Å². The van der Waals surface area contributed by atoms with Crippen LogP contribution in [-0.4, -0.2) is 38.7 Å². The van der Waals surface area contributed by atoms with Crippen LogP contribution in [0.3, 0.4) is 0 Å². The van der Waals surface area contributed by atoms with Crippen LogP contribution in [0.25, 0.3) is 11.1 Å². The predicted molar refractivity (Wildman–Crippen MR) is 116 cm³/mol. The second-order valence-electron chi connectivity index (χ2n) is 7.82. The highest BCUT2D eigenvalue weighted by Crippen LogP contribution is 2.29. The summed E-state index contributed by atoms with van der Waals surface area (Å²) in [5.74, 6) is -0.358. The maximum atomic E-state index is 12.1. The normalized spacial score (nSPS) is 17.6. The SMILES string of the molecule is CC1(C)Cc2cc(Cl)ccc2C(=NC(Cc2cscc2-c2cn[nH]c2)C(=O)O)N1. The Morgan fingerprint density at radius 1 is 1.38 bits per heavy atom. The van der Waals surface area contributed by atoms with E-state index in [1.54, 1.807) is 23.7 Å². The number of nitrogens with one attached hydrogen (secondary N) is 2. The number of thiophene rings is 1. The summed E-state index contributed by atoms with van der Waals surface area (Å²) in [7, 11) is 0. The molecule has 1 aliphatic rings. The fourth-order valence-corrected chi connectivity index (χ4v) is 4.71. The van der Waals surface area contributed by atoms with Gasteiger partial charge in [0, 0.05) is 34.3 Å². The number of benzene rings is 1. The molecule has 0 radical (unpaired) electrons. The van der Waals surface area contributed by atoms with Gasteiger partial charge in [0.15, 0.2) is 6.04 Å². The lowest BCUT2D eigenvalue weighted by atomic mass is 9.87. The summed E-state index contributed by atoms with van der Waals surface area (Å²) in [5.41, 5.74) is 4.59. The number of H-pyrrole nitrogens is 1. The minimum Gasteiger partial charge on any atom is -0.480 e. The first-order chi connectivity index (χ1) is 13.8. The average Bonchev–Trinajstić information content (AvgIpc) is 3.30.